The van der Waals surface area contributed by atoms with E-state index in [2.05, 4.69) is 55.2 Å². The summed E-state index contributed by atoms with van der Waals surface area (Å²) in [5.41, 5.74) is 2.18. The van der Waals surface area contributed by atoms with Crippen molar-refractivity contribution in [3.63, 3.8) is 0 Å². The Hall–Kier alpha value is -1.67. The highest BCUT2D eigenvalue weighted by molar-refractivity contribution is 14.1. The first-order valence-electron chi connectivity index (χ1n) is 8.64. The SMILES string of the molecule is O=C(Nc1ccccc1I)NC1CCN(CCc2ccncc2)CC1. The Kier molecular flexibility index (Phi) is 6.63. The molecule has 0 aliphatic carbocycles. The number of nitrogens with one attached hydrogen (secondary N) is 2. The quantitative estimate of drug-likeness (QED) is 0.686. The van der Waals surface area contributed by atoms with E-state index in [-0.39, 0.29) is 12.1 Å². The van der Waals surface area contributed by atoms with Crippen molar-refractivity contribution in [1.29, 1.82) is 0 Å². The molecule has 6 heteroatoms. The van der Waals surface area contributed by atoms with Gasteiger partial charge < -0.3 is 15.5 Å². The summed E-state index contributed by atoms with van der Waals surface area (Å²) in [5.74, 6) is 0. The minimum atomic E-state index is -0.112. The number of rotatable bonds is 5. The Bertz CT molecular complexity index is 687. The van der Waals surface area contributed by atoms with Gasteiger partial charge in [0.15, 0.2) is 0 Å². The van der Waals surface area contributed by atoms with Crippen molar-refractivity contribution < 1.29 is 4.79 Å². The molecule has 0 radical (unpaired) electrons. The van der Waals surface area contributed by atoms with E-state index < -0.39 is 0 Å². The van der Waals surface area contributed by atoms with Crippen LogP contribution in [0.15, 0.2) is 48.8 Å². The number of piperidine rings is 1. The fourth-order valence-electron chi connectivity index (χ4n) is 3.04. The molecule has 1 aliphatic heterocycles. The standard InChI is InChI=1S/C19H23IN4O/c20-17-3-1-2-4-18(17)23-19(25)22-16-8-13-24(14-9-16)12-7-15-5-10-21-11-6-15/h1-6,10-11,16H,7-9,12-14H2,(H2,22,23,25). The highest BCUT2D eigenvalue weighted by Crippen LogP contribution is 2.17. The maximum Gasteiger partial charge on any atom is 0.319 e. The summed E-state index contributed by atoms with van der Waals surface area (Å²) in [4.78, 5) is 18.7. The van der Waals surface area contributed by atoms with Crippen molar-refractivity contribution in [3.05, 3.63) is 57.9 Å². The lowest BCUT2D eigenvalue weighted by molar-refractivity contribution is 0.197. The summed E-state index contributed by atoms with van der Waals surface area (Å²) < 4.78 is 1.04. The Morgan fingerprint density at radius 2 is 1.88 bits per heavy atom. The molecule has 25 heavy (non-hydrogen) atoms. The van der Waals surface area contributed by atoms with Gasteiger partial charge in [0.25, 0.3) is 0 Å². The number of likely N-dealkylation sites (tertiary alicyclic amines) is 1. The number of carbonyl (C=O) groups excluding carboxylic acids is 1. The van der Waals surface area contributed by atoms with E-state index in [1.54, 1.807) is 0 Å². The van der Waals surface area contributed by atoms with Crippen LogP contribution in [-0.2, 0) is 6.42 Å². The molecule has 0 atom stereocenters. The van der Waals surface area contributed by atoms with Crippen LogP contribution in [-0.4, -0.2) is 41.6 Å². The van der Waals surface area contributed by atoms with E-state index in [9.17, 15) is 4.79 Å². The maximum atomic E-state index is 12.2. The number of pyridine rings is 1. The summed E-state index contributed by atoms with van der Waals surface area (Å²) in [6.45, 7) is 3.11. The van der Waals surface area contributed by atoms with Gasteiger partial charge in [0, 0.05) is 41.6 Å². The van der Waals surface area contributed by atoms with Gasteiger partial charge >= 0.3 is 6.03 Å². The van der Waals surface area contributed by atoms with Crippen LogP contribution in [0.4, 0.5) is 10.5 Å². The zero-order valence-corrected chi connectivity index (χ0v) is 16.3. The van der Waals surface area contributed by atoms with Gasteiger partial charge in [-0.15, -0.1) is 0 Å². The molecule has 0 bridgehead atoms. The van der Waals surface area contributed by atoms with Gasteiger partial charge in [-0.3, -0.25) is 4.98 Å². The highest BCUT2D eigenvalue weighted by atomic mass is 127. The predicted molar refractivity (Wildman–Crippen MR) is 109 cm³/mol. The first-order valence-corrected chi connectivity index (χ1v) is 9.72. The largest absolute Gasteiger partial charge is 0.335 e. The van der Waals surface area contributed by atoms with Gasteiger partial charge in [-0.25, -0.2) is 4.79 Å². The van der Waals surface area contributed by atoms with E-state index >= 15 is 0 Å². The second kappa shape index (κ2) is 9.15. The summed E-state index contributed by atoms with van der Waals surface area (Å²) in [6, 6.07) is 12.1. The number of halogens is 1. The van der Waals surface area contributed by atoms with E-state index in [1.807, 2.05) is 36.7 Å². The van der Waals surface area contributed by atoms with Crippen LogP contribution in [0.5, 0.6) is 0 Å². The minimum Gasteiger partial charge on any atom is -0.335 e. The molecule has 5 nitrogen and oxygen atoms in total. The molecule has 1 aromatic carbocycles. The van der Waals surface area contributed by atoms with Crippen LogP contribution in [0.25, 0.3) is 0 Å². The van der Waals surface area contributed by atoms with Crippen LogP contribution in [0.1, 0.15) is 18.4 Å². The fraction of sp³-hybridized carbons (Fsp3) is 0.368. The Labute approximate surface area is 162 Å². The molecule has 3 rings (SSSR count). The number of hydrogen-bond donors (Lipinski definition) is 2. The zero-order valence-electron chi connectivity index (χ0n) is 14.1. The molecule has 2 N–H and O–H groups in total. The van der Waals surface area contributed by atoms with Crippen molar-refractivity contribution in [2.45, 2.75) is 25.3 Å². The summed E-state index contributed by atoms with van der Waals surface area (Å²) in [6.07, 6.45) is 6.73. The smallest absolute Gasteiger partial charge is 0.319 e. The number of nitrogens with zero attached hydrogens (tertiary/aromatic N) is 2. The number of benzene rings is 1. The number of carbonyl (C=O) groups is 1. The number of urea groups is 1. The van der Waals surface area contributed by atoms with Gasteiger partial charge in [-0.1, -0.05) is 12.1 Å². The van der Waals surface area contributed by atoms with Crippen molar-refractivity contribution >= 4 is 34.3 Å². The third kappa shape index (κ3) is 5.67. The van der Waals surface area contributed by atoms with E-state index in [4.69, 9.17) is 0 Å². The van der Waals surface area contributed by atoms with E-state index in [0.29, 0.717) is 0 Å². The minimum absolute atomic E-state index is 0.112. The number of hydrogen-bond acceptors (Lipinski definition) is 3. The second-order valence-corrected chi connectivity index (χ2v) is 7.46. The van der Waals surface area contributed by atoms with Gasteiger partial charge in [0.1, 0.15) is 0 Å². The number of anilines is 1. The van der Waals surface area contributed by atoms with Crippen LogP contribution in [0.3, 0.4) is 0 Å². The Morgan fingerprint density at radius 1 is 1.16 bits per heavy atom. The van der Waals surface area contributed by atoms with Crippen molar-refractivity contribution in [2.24, 2.45) is 0 Å². The summed E-state index contributed by atoms with van der Waals surface area (Å²) >= 11 is 2.23. The van der Waals surface area contributed by atoms with Crippen molar-refractivity contribution in [2.75, 3.05) is 25.0 Å². The van der Waals surface area contributed by atoms with Crippen LogP contribution in [0, 0.1) is 3.57 Å². The topological polar surface area (TPSA) is 57.3 Å². The molecule has 2 heterocycles. The summed E-state index contributed by atoms with van der Waals surface area (Å²) in [5, 5.41) is 6.04. The monoisotopic (exact) mass is 450 g/mol. The molecule has 1 fully saturated rings. The van der Waals surface area contributed by atoms with Crippen LogP contribution < -0.4 is 10.6 Å². The third-order valence-corrected chi connectivity index (χ3v) is 5.45. The van der Waals surface area contributed by atoms with Crippen LogP contribution in [0.2, 0.25) is 0 Å². The molecule has 2 aromatic rings. The lowest BCUT2D eigenvalue weighted by atomic mass is 10.0. The maximum absolute atomic E-state index is 12.2. The molecule has 0 spiro atoms. The molecule has 1 aliphatic rings. The average molecular weight is 450 g/mol. The number of aromatic nitrogens is 1. The van der Waals surface area contributed by atoms with Gasteiger partial charge in [0.2, 0.25) is 0 Å². The van der Waals surface area contributed by atoms with E-state index in [0.717, 1.165) is 48.2 Å². The number of para-hydroxylation sites is 1. The molecule has 0 saturated carbocycles. The van der Waals surface area contributed by atoms with Crippen LogP contribution >= 0.6 is 22.6 Å². The van der Waals surface area contributed by atoms with Crippen molar-refractivity contribution in [1.82, 2.24) is 15.2 Å². The normalized spacial score (nSPS) is 15.7. The lowest BCUT2D eigenvalue weighted by Crippen LogP contribution is -2.46. The Balaban J connectivity index is 1.39. The molecule has 1 saturated heterocycles. The molecule has 132 valence electrons. The number of amides is 2. The molecule has 2 amide bonds. The molecular weight excluding hydrogens is 427 g/mol. The lowest BCUT2D eigenvalue weighted by Gasteiger charge is -2.32. The fourth-order valence-corrected chi connectivity index (χ4v) is 3.57. The first-order chi connectivity index (χ1) is 12.2. The molecule has 1 aromatic heterocycles. The van der Waals surface area contributed by atoms with E-state index in [1.165, 1.54) is 5.56 Å². The second-order valence-electron chi connectivity index (χ2n) is 6.30. The molecular formula is C19H23IN4O. The van der Waals surface area contributed by atoms with Crippen molar-refractivity contribution in [3.8, 4) is 0 Å². The first kappa shape index (κ1) is 18.1. The van der Waals surface area contributed by atoms with Gasteiger partial charge in [0.05, 0.1) is 5.69 Å². The summed E-state index contributed by atoms with van der Waals surface area (Å²) in [7, 11) is 0. The van der Waals surface area contributed by atoms with Gasteiger partial charge in [-0.05, 0) is 71.7 Å². The van der Waals surface area contributed by atoms with Gasteiger partial charge in [-0.2, -0.15) is 0 Å². The predicted octanol–water partition coefficient (Wildman–Crippen LogP) is 3.51. The zero-order chi connectivity index (χ0) is 17.5. The molecule has 0 unspecified atom stereocenters. The average Bonchev–Trinajstić information content (AvgIpc) is 2.64. The Morgan fingerprint density at radius 3 is 2.60 bits per heavy atom. The highest BCUT2D eigenvalue weighted by Gasteiger charge is 2.20. The third-order valence-electron chi connectivity index (χ3n) is 4.51.